The fraction of sp³-hybridized carbons (Fsp3) is 0.471. The molecule has 2 amide bonds. The van der Waals surface area contributed by atoms with Crippen molar-refractivity contribution < 1.29 is 14.6 Å². The zero-order valence-electron chi connectivity index (χ0n) is 14.3. The summed E-state index contributed by atoms with van der Waals surface area (Å²) >= 11 is 0. The molecule has 1 aromatic carbocycles. The van der Waals surface area contributed by atoms with Crippen molar-refractivity contribution in [1.82, 2.24) is 9.80 Å². The molecule has 122 valence electrons. The lowest BCUT2D eigenvalue weighted by molar-refractivity contribution is -0.266. The van der Waals surface area contributed by atoms with Crippen LogP contribution in [0.25, 0.3) is 0 Å². The number of hydrogen-bond acceptors (Lipinski definition) is 3. The first-order chi connectivity index (χ1) is 10.6. The molecule has 0 radical (unpaired) electrons. The molecule has 0 N–H and O–H groups in total. The number of urea groups is 1. The summed E-state index contributed by atoms with van der Waals surface area (Å²) in [7, 11) is 5.05. The van der Waals surface area contributed by atoms with Crippen LogP contribution in [0.1, 0.15) is 32.4 Å². The van der Waals surface area contributed by atoms with Gasteiger partial charge < -0.3 is 9.80 Å². The van der Waals surface area contributed by atoms with Gasteiger partial charge in [0, 0.05) is 25.4 Å². The topological polar surface area (TPSA) is 42.0 Å². The molecule has 0 bridgehead atoms. The number of amides is 2. The Bertz CT molecular complexity index is 514. The van der Waals surface area contributed by atoms with Crippen LogP contribution in [-0.4, -0.2) is 43.6 Å². The molecule has 22 heavy (non-hydrogen) atoms. The third kappa shape index (κ3) is 3.67. The normalized spacial score (nSPS) is 18.3. The summed E-state index contributed by atoms with van der Waals surface area (Å²) in [5.74, 6) is 0. The van der Waals surface area contributed by atoms with Crippen molar-refractivity contribution >= 4 is 6.03 Å². The van der Waals surface area contributed by atoms with E-state index in [1.165, 1.54) is 7.11 Å². The minimum absolute atomic E-state index is 0.0301. The summed E-state index contributed by atoms with van der Waals surface area (Å²) in [4.78, 5) is 25.5. The summed E-state index contributed by atoms with van der Waals surface area (Å²) in [6.07, 6.45) is 0. The predicted octanol–water partition coefficient (Wildman–Crippen LogP) is 3.60. The van der Waals surface area contributed by atoms with Crippen molar-refractivity contribution in [2.24, 2.45) is 0 Å². The number of carbonyl (C=O) groups excluding carboxylic acids is 1. The van der Waals surface area contributed by atoms with E-state index < -0.39 is 0 Å². The second-order valence-electron chi connectivity index (χ2n) is 4.81. The minimum atomic E-state index is -0.130. The van der Waals surface area contributed by atoms with Gasteiger partial charge >= 0.3 is 6.03 Å². The van der Waals surface area contributed by atoms with Gasteiger partial charge in [-0.15, -0.1) is 0 Å². The highest BCUT2D eigenvalue weighted by atomic mass is 17.2. The number of rotatable bonds is 4. The molecule has 0 saturated carbocycles. The molecule has 1 aliphatic rings. The molecule has 1 aliphatic heterocycles. The Balaban J connectivity index is 0.00000116. The van der Waals surface area contributed by atoms with Crippen LogP contribution < -0.4 is 0 Å². The zero-order valence-corrected chi connectivity index (χ0v) is 14.3. The summed E-state index contributed by atoms with van der Waals surface area (Å²) in [5.41, 5.74) is 2.98. The van der Waals surface area contributed by atoms with Crippen molar-refractivity contribution in [3.05, 3.63) is 47.2 Å². The molecule has 5 nitrogen and oxygen atoms in total. The van der Waals surface area contributed by atoms with Crippen LogP contribution in [-0.2, 0) is 9.78 Å². The number of carbonyl (C=O) groups is 1. The van der Waals surface area contributed by atoms with Crippen LogP contribution in [0.5, 0.6) is 0 Å². The first-order valence-corrected chi connectivity index (χ1v) is 7.48. The number of hydrogen-bond donors (Lipinski definition) is 0. The number of nitrogens with zero attached hydrogens (tertiary/aromatic N) is 2. The molecule has 1 heterocycles. The van der Waals surface area contributed by atoms with Gasteiger partial charge in [-0.3, -0.25) is 0 Å². The summed E-state index contributed by atoms with van der Waals surface area (Å²) < 4.78 is 0. The minimum Gasteiger partial charge on any atom is -0.316 e. The molecule has 0 spiro atoms. The molecular weight excluding hydrogens is 280 g/mol. The fourth-order valence-corrected chi connectivity index (χ4v) is 2.50. The van der Waals surface area contributed by atoms with E-state index in [1.807, 2.05) is 51.1 Å². The Morgan fingerprint density at radius 2 is 1.73 bits per heavy atom. The van der Waals surface area contributed by atoms with E-state index in [0.29, 0.717) is 6.61 Å². The molecule has 0 aliphatic carbocycles. The Kier molecular flexibility index (Phi) is 7.08. The highest BCUT2D eigenvalue weighted by molar-refractivity contribution is 5.78. The Morgan fingerprint density at radius 1 is 1.14 bits per heavy atom. The van der Waals surface area contributed by atoms with Crippen LogP contribution in [0, 0.1) is 0 Å². The largest absolute Gasteiger partial charge is 0.324 e. The smallest absolute Gasteiger partial charge is 0.316 e. The van der Waals surface area contributed by atoms with Gasteiger partial charge in [0.1, 0.15) is 6.61 Å². The van der Waals surface area contributed by atoms with Gasteiger partial charge in [0.2, 0.25) is 0 Å². The second kappa shape index (κ2) is 8.56. The van der Waals surface area contributed by atoms with Gasteiger partial charge in [-0.25, -0.2) is 14.6 Å². The molecule has 1 unspecified atom stereocenters. The summed E-state index contributed by atoms with van der Waals surface area (Å²) in [5, 5.41) is 0. The maximum atomic E-state index is 12.3. The van der Waals surface area contributed by atoms with E-state index in [1.54, 1.807) is 23.9 Å². The van der Waals surface area contributed by atoms with E-state index in [0.717, 1.165) is 16.8 Å². The first-order valence-electron chi connectivity index (χ1n) is 7.48. The van der Waals surface area contributed by atoms with Gasteiger partial charge in [-0.05, 0) is 12.5 Å². The Labute approximate surface area is 133 Å². The lowest BCUT2D eigenvalue weighted by Gasteiger charge is -2.40. The third-order valence-corrected chi connectivity index (χ3v) is 3.72. The number of likely N-dealkylation sites (N-methyl/N-ethyl adjacent to an activating group) is 1. The summed E-state index contributed by atoms with van der Waals surface area (Å²) in [6.45, 7) is 6.25. The summed E-state index contributed by atoms with van der Waals surface area (Å²) in [6, 6.07) is 9.77. The molecule has 0 saturated heterocycles. The van der Waals surface area contributed by atoms with Gasteiger partial charge in [0.25, 0.3) is 0 Å². The highest BCUT2D eigenvalue weighted by Crippen LogP contribution is 2.35. The van der Waals surface area contributed by atoms with Crippen LogP contribution in [0.4, 0.5) is 4.79 Å². The van der Waals surface area contributed by atoms with E-state index in [-0.39, 0.29) is 12.1 Å². The number of allylic oxidation sites excluding steroid dienone is 1. The standard InChI is InChI=1S/C15H20N2O3.C2H6/c1-11-13(10-20-19-4)14(12-8-6-5-7-9-12)17(3)15(18)16(11)2;1-2/h5-9,14H,10H2,1-4H3;1-2H3. The van der Waals surface area contributed by atoms with Crippen molar-refractivity contribution in [3.8, 4) is 0 Å². The Hall–Kier alpha value is -1.85. The van der Waals surface area contributed by atoms with Crippen LogP contribution in [0.2, 0.25) is 0 Å². The first kappa shape index (κ1) is 18.2. The van der Waals surface area contributed by atoms with Gasteiger partial charge in [-0.1, -0.05) is 44.2 Å². The van der Waals surface area contributed by atoms with Crippen molar-refractivity contribution in [1.29, 1.82) is 0 Å². The highest BCUT2D eigenvalue weighted by Gasteiger charge is 2.35. The lowest BCUT2D eigenvalue weighted by atomic mass is 9.94. The van der Waals surface area contributed by atoms with E-state index >= 15 is 0 Å². The quantitative estimate of drug-likeness (QED) is 0.630. The molecule has 5 heteroatoms. The van der Waals surface area contributed by atoms with Gasteiger partial charge in [0.15, 0.2) is 0 Å². The molecule has 2 rings (SSSR count). The SMILES string of the molecule is CC.COOCC1=C(C)N(C)C(=O)N(C)C1c1ccccc1. The zero-order chi connectivity index (χ0) is 16.7. The van der Waals surface area contributed by atoms with E-state index in [2.05, 4.69) is 0 Å². The molecular formula is C17H26N2O3. The average molecular weight is 306 g/mol. The van der Waals surface area contributed by atoms with Crippen LogP contribution >= 0.6 is 0 Å². The molecule has 0 aromatic heterocycles. The van der Waals surface area contributed by atoms with Gasteiger partial charge in [-0.2, -0.15) is 0 Å². The molecule has 1 atom stereocenters. The van der Waals surface area contributed by atoms with Crippen molar-refractivity contribution in [2.75, 3.05) is 27.8 Å². The third-order valence-electron chi connectivity index (χ3n) is 3.72. The van der Waals surface area contributed by atoms with Crippen LogP contribution in [0.3, 0.4) is 0 Å². The fourth-order valence-electron chi connectivity index (χ4n) is 2.50. The maximum absolute atomic E-state index is 12.3. The van der Waals surface area contributed by atoms with Crippen LogP contribution in [0.15, 0.2) is 41.6 Å². The molecule has 1 aromatic rings. The monoisotopic (exact) mass is 306 g/mol. The van der Waals surface area contributed by atoms with E-state index in [4.69, 9.17) is 9.78 Å². The Morgan fingerprint density at radius 3 is 2.27 bits per heavy atom. The van der Waals surface area contributed by atoms with Crippen molar-refractivity contribution in [2.45, 2.75) is 26.8 Å². The second-order valence-corrected chi connectivity index (χ2v) is 4.81. The van der Waals surface area contributed by atoms with Gasteiger partial charge in [0.05, 0.1) is 13.2 Å². The predicted molar refractivity (Wildman–Crippen MR) is 87.1 cm³/mol. The maximum Gasteiger partial charge on any atom is 0.324 e. The average Bonchev–Trinajstić information content (AvgIpc) is 2.57. The lowest BCUT2D eigenvalue weighted by Crippen LogP contribution is -2.46. The van der Waals surface area contributed by atoms with Crippen molar-refractivity contribution in [3.63, 3.8) is 0 Å². The van der Waals surface area contributed by atoms with E-state index in [9.17, 15) is 4.79 Å². The number of benzene rings is 1. The molecule has 0 fully saturated rings.